The van der Waals surface area contributed by atoms with Crippen molar-refractivity contribution < 1.29 is 33.9 Å². The Morgan fingerprint density at radius 1 is 1.02 bits per heavy atom. The second kappa shape index (κ2) is 14.2. The number of phenols is 1. The van der Waals surface area contributed by atoms with E-state index in [4.69, 9.17) is 0 Å². The van der Waals surface area contributed by atoms with Gasteiger partial charge in [0.1, 0.15) is 17.3 Å². The van der Waals surface area contributed by atoms with E-state index in [0.29, 0.717) is 34.3 Å². The summed E-state index contributed by atoms with van der Waals surface area (Å²) in [5.41, 5.74) is 3.31. The first-order valence-corrected chi connectivity index (χ1v) is 16.4. The highest BCUT2D eigenvalue weighted by molar-refractivity contribution is 6.25. The lowest BCUT2D eigenvalue weighted by Gasteiger charge is -2.27. The Morgan fingerprint density at radius 3 is 2.60 bits per heavy atom. The fraction of sp³-hybridized carbons (Fsp3) is 0.270. The summed E-state index contributed by atoms with van der Waals surface area (Å²) in [6.45, 7) is 4.16. The van der Waals surface area contributed by atoms with Crippen LogP contribution in [0.4, 0.5) is 5.69 Å². The highest BCUT2D eigenvalue weighted by Gasteiger charge is 2.45. The maximum absolute atomic E-state index is 13.4. The standard InChI is InChI=1S/C37H36N6O7/c1-3-7-28(44)41-31(25-18-20(2)23-11-6-15-39-32(23)33(25)46)21-8-4-9-22(19-21)34(47)40-17-16-38-26-12-5-10-24-30(26)37(50)43(36(24)49)27-13-14-29(45)42-35(27)48/h4-6,8-12,15,18-19,27,31,38,46H,3,7,13-14,16-17H2,1-2H3,(H,40,47)(H,41,44)(H,42,45,48). The molecule has 6 amide bonds. The first-order valence-electron chi connectivity index (χ1n) is 16.4. The molecule has 2 atom stereocenters. The van der Waals surface area contributed by atoms with Gasteiger partial charge in [0.05, 0.1) is 17.2 Å². The van der Waals surface area contributed by atoms with Gasteiger partial charge in [-0.05, 0) is 67.3 Å². The van der Waals surface area contributed by atoms with E-state index in [2.05, 4.69) is 26.3 Å². The van der Waals surface area contributed by atoms with Crippen molar-refractivity contribution >= 4 is 52.0 Å². The molecule has 0 bridgehead atoms. The van der Waals surface area contributed by atoms with E-state index in [1.807, 2.05) is 26.0 Å². The van der Waals surface area contributed by atoms with Crippen molar-refractivity contribution in [3.63, 3.8) is 0 Å². The first-order chi connectivity index (χ1) is 24.1. The third kappa shape index (κ3) is 6.49. The molecular weight excluding hydrogens is 640 g/mol. The number of carbonyl (C=O) groups excluding carboxylic acids is 6. The van der Waals surface area contributed by atoms with Crippen molar-refractivity contribution in [3.8, 4) is 5.75 Å². The van der Waals surface area contributed by atoms with Gasteiger partial charge in [-0.25, -0.2) is 0 Å². The Balaban J connectivity index is 1.16. The number of benzene rings is 3. The van der Waals surface area contributed by atoms with Crippen molar-refractivity contribution in [1.29, 1.82) is 0 Å². The lowest BCUT2D eigenvalue weighted by molar-refractivity contribution is -0.136. The van der Waals surface area contributed by atoms with E-state index in [-0.39, 0.29) is 61.0 Å². The molecule has 4 aromatic rings. The highest BCUT2D eigenvalue weighted by atomic mass is 16.3. The summed E-state index contributed by atoms with van der Waals surface area (Å²) < 4.78 is 0. The average molecular weight is 677 g/mol. The number of hydrogen-bond donors (Lipinski definition) is 5. The number of nitrogens with one attached hydrogen (secondary N) is 4. The minimum Gasteiger partial charge on any atom is -0.505 e. The minimum absolute atomic E-state index is 0.0226. The molecule has 3 aromatic carbocycles. The summed E-state index contributed by atoms with van der Waals surface area (Å²) in [5, 5.41) is 23.2. The Morgan fingerprint density at radius 2 is 1.82 bits per heavy atom. The maximum atomic E-state index is 13.4. The Hall–Kier alpha value is -6.11. The van der Waals surface area contributed by atoms with Crippen molar-refractivity contribution in [2.75, 3.05) is 18.4 Å². The number of aromatic nitrogens is 1. The number of anilines is 1. The van der Waals surface area contributed by atoms with Gasteiger partial charge in [-0.3, -0.25) is 44.0 Å². The van der Waals surface area contributed by atoms with Gasteiger partial charge in [0.25, 0.3) is 17.7 Å². The molecule has 0 radical (unpaired) electrons. The van der Waals surface area contributed by atoms with Crippen molar-refractivity contribution in [1.82, 2.24) is 25.8 Å². The predicted octanol–water partition coefficient (Wildman–Crippen LogP) is 3.50. The smallest absolute Gasteiger partial charge is 0.264 e. The van der Waals surface area contributed by atoms with Gasteiger partial charge < -0.3 is 21.1 Å². The topological polar surface area (TPSA) is 187 Å². The molecule has 5 N–H and O–H groups in total. The molecular formula is C37H36N6O7. The van der Waals surface area contributed by atoms with Gasteiger partial charge in [0, 0.05) is 54.3 Å². The van der Waals surface area contributed by atoms with Crippen molar-refractivity contribution in [3.05, 3.63) is 100 Å². The van der Waals surface area contributed by atoms with Crippen LogP contribution < -0.4 is 21.3 Å². The largest absolute Gasteiger partial charge is 0.505 e. The Kier molecular flexibility index (Phi) is 9.57. The van der Waals surface area contributed by atoms with E-state index in [9.17, 15) is 33.9 Å². The number of piperidine rings is 1. The fourth-order valence-corrected chi connectivity index (χ4v) is 6.45. The molecule has 0 saturated carbocycles. The summed E-state index contributed by atoms with van der Waals surface area (Å²) in [6, 6.07) is 15.2. The summed E-state index contributed by atoms with van der Waals surface area (Å²) in [7, 11) is 0. The van der Waals surface area contributed by atoms with Gasteiger partial charge in [0.15, 0.2) is 0 Å². The number of imide groups is 2. The fourth-order valence-electron chi connectivity index (χ4n) is 6.45. The molecule has 50 heavy (non-hydrogen) atoms. The van der Waals surface area contributed by atoms with Crippen LogP contribution in [-0.2, 0) is 14.4 Å². The van der Waals surface area contributed by atoms with Crippen LogP contribution in [0.5, 0.6) is 5.75 Å². The van der Waals surface area contributed by atoms with E-state index >= 15 is 0 Å². The normalized spacial score (nSPS) is 16.2. The van der Waals surface area contributed by atoms with E-state index in [0.717, 1.165) is 15.8 Å². The summed E-state index contributed by atoms with van der Waals surface area (Å²) in [5.74, 6) is -3.02. The molecule has 1 aromatic heterocycles. The highest BCUT2D eigenvalue weighted by Crippen LogP contribution is 2.37. The Bertz CT molecular complexity index is 2060. The number of pyridine rings is 1. The van der Waals surface area contributed by atoms with Crippen LogP contribution in [-0.4, -0.2) is 69.6 Å². The average Bonchev–Trinajstić information content (AvgIpc) is 3.36. The molecule has 13 heteroatoms. The molecule has 2 unspecified atom stereocenters. The third-order valence-electron chi connectivity index (χ3n) is 8.87. The number of rotatable bonds is 11. The number of aromatic hydroxyl groups is 1. The van der Waals surface area contributed by atoms with Crippen molar-refractivity contribution in [2.24, 2.45) is 0 Å². The Labute approximate surface area is 287 Å². The van der Waals surface area contributed by atoms with Gasteiger partial charge in [-0.15, -0.1) is 0 Å². The van der Waals surface area contributed by atoms with Gasteiger partial charge >= 0.3 is 0 Å². The zero-order valence-electron chi connectivity index (χ0n) is 27.5. The number of carbonyl (C=O) groups is 6. The molecule has 0 spiro atoms. The van der Waals surface area contributed by atoms with Gasteiger partial charge in [-0.1, -0.05) is 31.2 Å². The molecule has 256 valence electrons. The number of aryl methyl sites for hydroxylation is 1. The minimum atomic E-state index is -1.08. The molecule has 1 fully saturated rings. The lowest BCUT2D eigenvalue weighted by Crippen LogP contribution is -2.54. The van der Waals surface area contributed by atoms with Crippen molar-refractivity contribution in [2.45, 2.75) is 51.6 Å². The molecule has 13 nitrogen and oxygen atoms in total. The number of amides is 6. The third-order valence-corrected chi connectivity index (χ3v) is 8.87. The molecule has 0 aliphatic carbocycles. The van der Waals surface area contributed by atoms with Crippen LogP contribution in [0.1, 0.15) is 86.4 Å². The van der Waals surface area contributed by atoms with Crippen LogP contribution >= 0.6 is 0 Å². The second-order valence-corrected chi connectivity index (χ2v) is 12.3. The lowest BCUT2D eigenvalue weighted by atomic mass is 9.93. The molecule has 2 aliphatic heterocycles. The van der Waals surface area contributed by atoms with Crippen LogP contribution in [0.25, 0.3) is 10.9 Å². The maximum Gasteiger partial charge on any atom is 0.264 e. The van der Waals surface area contributed by atoms with Gasteiger partial charge in [-0.2, -0.15) is 0 Å². The van der Waals surface area contributed by atoms with Crippen LogP contribution in [0.2, 0.25) is 0 Å². The zero-order chi connectivity index (χ0) is 35.5. The second-order valence-electron chi connectivity index (χ2n) is 12.3. The molecule has 6 rings (SSSR count). The number of fused-ring (bicyclic) bond motifs is 2. The zero-order valence-corrected chi connectivity index (χ0v) is 27.5. The van der Waals surface area contributed by atoms with Gasteiger partial charge in [0.2, 0.25) is 17.7 Å². The molecule has 1 saturated heterocycles. The quantitative estimate of drug-likeness (QED) is 0.117. The summed E-state index contributed by atoms with van der Waals surface area (Å²) in [6.07, 6.45) is 2.59. The predicted molar refractivity (Wildman–Crippen MR) is 183 cm³/mol. The summed E-state index contributed by atoms with van der Waals surface area (Å²) >= 11 is 0. The van der Waals surface area contributed by atoms with Crippen LogP contribution in [0, 0.1) is 6.92 Å². The molecule has 2 aliphatic rings. The van der Waals surface area contributed by atoms with E-state index in [1.54, 1.807) is 48.7 Å². The SMILES string of the molecule is CCCC(=O)NC(c1cccc(C(=O)NCCNc2cccc3c2C(=O)N(C2CCC(=O)NC2=O)C3=O)c1)c1cc(C)c2cccnc2c1O. The summed E-state index contributed by atoms with van der Waals surface area (Å²) in [4.78, 5) is 81.9. The van der Waals surface area contributed by atoms with E-state index in [1.165, 1.54) is 6.07 Å². The number of nitrogens with zero attached hydrogens (tertiary/aromatic N) is 2. The molecule has 3 heterocycles. The van der Waals surface area contributed by atoms with Crippen LogP contribution in [0.3, 0.4) is 0 Å². The monoisotopic (exact) mass is 676 g/mol. The van der Waals surface area contributed by atoms with E-state index < -0.39 is 35.7 Å². The number of phenolic OH excluding ortho intramolecular Hbond substituents is 1. The number of hydrogen-bond acceptors (Lipinski definition) is 9. The first kappa shape index (κ1) is 33.8. The van der Waals surface area contributed by atoms with Crippen LogP contribution in [0.15, 0.2) is 66.9 Å².